The van der Waals surface area contributed by atoms with Gasteiger partial charge in [-0.15, -0.1) is 0 Å². The summed E-state index contributed by atoms with van der Waals surface area (Å²) in [6.07, 6.45) is 2.57. The number of nitrogens with zero attached hydrogens (tertiary/aromatic N) is 1. The van der Waals surface area contributed by atoms with Gasteiger partial charge in [-0.05, 0) is 56.2 Å². The Labute approximate surface area is 152 Å². The summed E-state index contributed by atoms with van der Waals surface area (Å²) in [6.45, 7) is 12.8. The van der Waals surface area contributed by atoms with Gasteiger partial charge in [0.15, 0.2) is 6.10 Å². The molecular weight excluding hydrogens is 312 g/mol. The molecular formula is C21H34N2O2. The van der Waals surface area contributed by atoms with Crippen LogP contribution in [0.1, 0.15) is 45.6 Å². The number of benzene rings is 1. The highest BCUT2D eigenvalue weighted by Crippen LogP contribution is 2.21. The Hall–Kier alpha value is -1.55. The van der Waals surface area contributed by atoms with Crippen molar-refractivity contribution in [1.29, 1.82) is 0 Å². The smallest absolute Gasteiger partial charge is 0.261 e. The van der Waals surface area contributed by atoms with E-state index in [9.17, 15) is 4.79 Å². The van der Waals surface area contributed by atoms with Crippen LogP contribution in [-0.4, -0.2) is 43.1 Å². The molecule has 1 heterocycles. The van der Waals surface area contributed by atoms with Crippen LogP contribution in [-0.2, 0) is 4.79 Å². The molecule has 1 aliphatic rings. The van der Waals surface area contributed by atoms with Crippen molar-refractivity contribution in [2.24, 2.45) is 11.8 Å². The second-order valence-electron chi connectivity index (χ2n) is 7.63. The van der Waals surface area contributed by atoms with Crippen LogP contribution in [0.3, 0.4) is 0 Å². The maximum atomic E-state index is 12.4. The van der Waals surface area contributed by atoms with Gasteiger partial charge in [0.25, 0.3) is 5.91 Å². The Balaban J connectivity index is 1.72. The van der Waals surface area contributed by atoms with Crippen molar-refractivity contribution in [3.63, 3.8) is 0 Å². The fraction of sp³-hybridized carbons (Fsp3) is 0.667. The lowest BCUT2D eigenvalue weighted by Crippen LogP contribution is -2.42. The van der Waals surface area contributed by atoms with E-state index >= 15 is 0 Å². The Morgan fingerprint density at radius 1 is 1.28 bits per heavy atom. The minimum atomic E-state index is -0.420. The van der Waals surface area contributed by atoms with Gasteiger partial charge in [0.1, 0.15) is 5.75 Å². The average molecular weight is 347 g/mol. The Bertz CT molecular complexity index is 536. The van der Waals surface area contributed by atoms with Gasteiger partial charge >= 0.3 is 0 Å². The first-order chi connectivity index (χ1) is 12.0. The van der Waals surface area contributed by atoms with E-state index in [1.54, 1.807) is 0 Å². The summed E-state index contributed by atoms with van der Waals surface area (Å²) in [4.78, 5) is 14.9. The van der Waals surface area contributed by atoms with Gasteiger partial charge in [0.2, 0.25) is 0 Å². The van der Waals surface area contributed by atoms with Crippen LogP contribution in [0.25, 0.3) is 0 Å². The third-order valence-electron chi connectivity index (χ3n) is 4.92. The molecule has 0 saturated carbocycles. The van der Waals surface area contributed by atoms with Gasteiger partial charge in [0.05, 0.1) is 0 Å². The van der Waals surface area contributed by atoms with Crippen LogP contribution >= 0.6 is 0 Å². The van der Waals surface area contributed by atoms with E-state index in [0.717, 1.165) is 36.1 Å². The van der Waals surface area contributed by atoms with Crippen molar-refractivity contribution in [2.45, 2.75) is 53.1 Å². The van der Waals surface area contributed by atoms with Crippen LogP contribution < -0.4 is 10.1 Å². The molecule has 0 aliphatic carbocycles. The summed E-state index contributed by atoms with van der Waals surface area (Å²) in [5.74, 6) is 2.35. The molecule has 1 fully saturated rings. The molecule has 1 N–H and O–H groups in total. The van der Waals surface area contributed by atoms with E-state index in [2.05, 4.69) is 24.1 Å². The number of amides is 1. The first-order valence-electron chi connectivity index (χ1n) is 9.72. The zero-order valence-electron chi connectivity index (χ0n) is 16.3. The third kappa shape index (κ3) is 6.35. The van der Waals surface area contributed by atoms with E-state index in [4.69, 9.17) is 4.74 Å². The number of carbonyl (C=O) groups is 1. The van der Waals surface area contributed by atoms with E-state index in [-0.39, 0.29) is 5.91 Å². The van der Waals surface area contributed by atoms with Crippen molar-refractivity contribution >= 4 is 5.91 Å². The fourth-order valence-electron chi connectivity index (χ4n) is 3.77. The predicted octanol–water partition coefficient (Wildman–Crippen LogP) is 3.64. The molecule has 0 bridgehead atoms. The topological polar surface area (TPSA) is 41.6 Å². The number of piperidine rings is 1. The summed E-state index contributed by atoms with van der Waals surface area (Å²) in [5, 5.41) is 3.04. The molecule has 0 aromatic heterocycles. The summed E-state index contributed by atoms with van der Waals surface area (Å²) in [7, 11) is 0. The molecule has 1 saturated heterocycles. The molecule has 1 aromatic carbocycles. The first kappa shape index (κ1) is 19.8. The van der Waals surface area contributed by atoms with E-state index in [1.807, 2.05) is 38.1 Å². The van der Waals surface area contributed by atoms with Gasteiger partial charge in [-0.3, -0.25) is 4.79 Å². The molecule has 1 amide bonds. The number of hydrogen-bond acceptors (Lipinski definition) is 3. The highest BCUT2D eigenvalue weighted by molar-refractivity contribution is 5.81. The van der Waals surface area contributed by atoms with Gasteiger partial charge in [-0.25, -0.2) is 0 Å². The molecule has 4 heteroatoms. The summed E-state index contributed by atoms with van der Waals surface area (Å²) in [6, 6.07) is 7.84. The Morgan fingerprint density at radius 2 is 1.96 bits per heavy atom. The molecule has 3 atom stereocenters. The normalized spacial score (nSPS) is 22.4. The minimum Gasteiger partial charge on any atom is -0.480 e. The largest absolute Gasteiger partial charge is 0.480 e. The molecule has 0 spiro atoms. The molecule has 0 radical (unpaired) electrons. The number of ether oxygens (including phenoxy) is 1. The highest BCUT2D eigenvalue weighted by Gasteiger charge is 2.22. The molecule has 1 aromatic rings. The lowest BCUT2D eigenvalue weighted by Gasteiger charge is -2.35. The molecule has 1 aliphatic heterocycles. The Kier molecular flexibility index (Phi) is 7.76. The number of rotatable bonds is 8. The maximum absolute atomic E-state index is 12.4. The lowest BCUT2D eigenvalue weighted by molar-refractivity contribution is -0.128. The minimum absolute atomic E-state index is 0.00821. The van der Waals surface area contributed by atoms with Gasteiger partial charge in [-0.1, -0.05) is 39.0 Å². The third-order valence-corrected chi connectivity index (χ3v) is 4.92. The van der Waals surface area contributed by atoms with E-state index < -0.39 is 6.10 Å². The predicted molar refractivity (Wildman–Crippen MR) is 103 cm³/mol. The first-order valence-corrected chi connectivity index (χ1v) is 9.72. The second kappa shape index (κ2) is 9.81. The number of likely N-dealkylation sites (tertiary alicyclic amines) is 1. The van der Waals surface area contributed by atoms with Gasteiger partial charge in [0, 0.05) is 19.6 Å². The summed E-state index contributed by atoms with van der Waals surface area (Å²) < 4.78 is 5.91. The summed E-state index contributed by atoms with van der Waals surface area (Å²) in [5.41, 5.74) is 1.06. The number of para-hydroxylation sites is 1. The van der Waals surface area contributed by atoms with Crippen LogP contribution in [0.2, 0.25) is 0 Å². The monoisotopic (exact) mass is 346 g/mol. The van der Waals surface area contributed by atoms with Crippen molar-refractivity contribution < 1.29 is 9.53 Å². The number of hydrogen-bond donors (Lipinski definition) is 1. The van der Waals surface area contributed by atoms with E-state index in [1.165, 1.54) is 19.5 Å². The molecule has 0 unspecified atom stereocenters. The van der Waals surface area contributed by atoms with Crippen LogP contribution in [0.15, 0.2) is 24.3 Å². The fourth-order valence-corrected chi connectivity index (χ4v) is 3.77. The number of aryl methyl sites for hydroxylation is 1. The Morgan fingerprint density at radius 3 is 2.60 bits per heavy atom. The van der Waals surface area contributed by atoms with Crippen LogP contribution in [0.5, 0.6) is 5.75 Å². The van der Waals surface area contributed by atoms with Crippen LogP contribution in [0.4, 0.5) is 0 Å². The zero-order chi connectivity index (χ0) is 18.2. The zero-order valence-corrected chi connectivity index (χ0v) is 16.3. The lowest BCUT2D eigenvalue weighted by atomic mass is 9.92. The van der Waals surface area contributed by atoms with Crippen molar-refractivity contribution in [3.8, 4) is 5.75 Å². The quantitative estimate of drug-likeness (QED) is 0.731. The van der Waals surface area contributed by atoms with Crippen molar-refractivity contribution in [3.05, 3.63) is 29.8 Å². The van der Waals surface area contributed by atoms with Crippen LogP contribution in [0, 0.1) is 18.8 Å². The van der Waals surface area contributed by atoms with Gasteiger partial charge in [-0.2, -0.15) is 0 Å². The van der Waals surface area contributed by atoms with Crippen molar-refractivity contribution in [2.75, 3.05) is 26.2 Å². The summed E-state index contributed by atoms with van der Waals surface area (Å²) >= 11 is 0. The second-order valence-corrected chi connectivity index (χ2v) is 7.63. The molecule has 4 nitrogen and oxygen atoms in total. The SMILES string of the molecule is CC[C@H](Oc1ccccc1C)C(=O)NCCCN1C[C@H](C)C[C@H](C)C1. The molecule has 25 heavy (non-hydrogen) atoms. The number of nitrogens with one attached hydrogen (secondary N) is 1. The van der Waals surface area contributed by atoms with E-state index in [0.29, 0.717) is 13.0 Å². The standard InChI is InChI=1S/C21H34N2O2/c1-5-19(25-20-10-7-6-9-18(20)4)21(24)22-11-8-12-23-14-16(2)13-17(3)15-23/h6-7,9-10,16-17,19H,5,8,11-15H2,1-4H3,(H,22,24)/t16-,17+,19-/m0/s1. The molecule has 140 valence electrons. The maximum Gasteiger partial charge on any atom is 0.261 e. The molecule has 2 rings (SSSR count). The van der Waals surface area contributed by atoms with Gasteiger partial charge < -0.3 is 15.0 Å². The van der Waals surface area contributed by atoms with Crippen molar-refractivity contribution in [1.82, 2.24) is 10.2 Å². The average Bonchev–Trinajstić information content (AvgIpc) is 2.57. The number of carbonyl (C=O) groups excluding carboxylic acids is 1. The highest BCUT2D eigenvalue weighted by atomic mass is 16.5.